The lowest BCUT2D eigenvalue weighted by atomic mass is 9.83. The van der Waals surface area contributed by atoms with Crippen molar-refractivity contribution in [2.75, 3.05) is 32.2 Å². The maximum Gasteiger partial charge on any atom is 0.250 e. The van der Waals surface area contributed by atoms with E-state index in [-0.39, 0.29) is 17.6 Å². The van der Waals surface area contributed by atoms with Gasteiger partial charge in [0.15, 0.2) is 0 Å². The Kier molecular flexibility index (Phi) is 6.75. The first kappa shape index (κ1) is 16.7. The number of nitrogens with zero attached hydrogens (tertiary/aromatic N) is 1. The summed E-state index contributed by atoms with van der Waals surface area (Å²) in [5, 5.41) is 12.9. The molecular formula is C15H26N2O3. The van der Waals surface area contributed by atoms with Crippen LogP contribution in [0.2, 0.25) is 0 Å². The molecule has 0 spiro atoms. The predicted octanol–water partition coefficient (Wildman–Crippen LogP) is 1.71. The monoisotopic (exact) mass is 282 g/mol. The van der Waals surface area contributed by atoms with Crippen LogP contribution < -0.4 is 10.9 Å². The summed E-state index contributed by atoms with van der Waals surface area (Å²) in [6.07, 6.45) is 3.63. The van der Waals surface area contributed by atoms with Crippen LogP contribution in [0.3, 0.4) is 0 Å². The molecule has 20 heavy (non-hydrogen) atoms. The lowest BCUT2D eigenvalue weighted by Crippen LogP contribution is -2.32. The van der Waals surface area contributed by atoms with Crippen LogP contribution in [0.5, 0.6) is 0 Å². The Balaban J connectivity index is 2.75. The Morgan fingerprint density at radius 2 is 2.05 bits per heavy atom. The fourth-order valence-electron chi connectivity index (χ4n) is 2.07. The van der Waals surface area contributed by atoms with Gasteiger partial charge in [0.1, 0.15) is 0 Å². The van der Waals surface area contributed by atoms with E-state index in [9.17, 15) is 9.90 Å². The summed E-state index contributed by atoms with van der Waals surface area (Å²) in [6.45, 7) is 6.07. The number of aromatic nitrogens is 1. The van der Waals surface area contributed by atoms with Crippen LogP contribution in [0.25, 0.3) is 0 Å². The summed E-state index contributed by atoms with van der Waals surface area (Å²) in [7, 11) is 1.62. The first-order valence-electron chi connectivity index (χ1n) is 7.15. The van der Waals surface area contributed by atoms with Crippen LogP contribution in [0.1, 0.15) is 26.7 Å². The van der Waals surface area contributed by atoms with E-state index in [1.165, 1.54) is 0 Å². The molecule has 0 atom stereocenters. The fourth-order valence-corrected chi connectivity index (χ4v) is 2.07. The second-order valence-electron chi connectivity index (χ2n) is 5.16. The van der Waals surface area contributed by atoms with Gasteiger partial charge in [0.05, 0.1) is 18.9 Å². The summed E-state index contributed by atoms with van der Waals surface area (Å²) in [5.41, 5.74) is 0.750. The van der Waals surface area contributed by atoms with E-state index in [0.717, 1.165) is 18.5 Å². The highest BCUT2D eigenvalue weighted by Crippen LogP contribution is 2.25. The molecule has 114 valence electrons. The molecule has 1 aromatic rings. The molecule has 1 heterocycles. The highest BCUT2D eigenvalue weighted by molar-refractivity contribution is 5.40. The van der Waals surface area contributed by atoms with Crippen LogP contribution >= 0.6 is 0 Å². The molecule has 5 heteroatoms. The van der Waals surface area contributed by atoms with Gasteiger partial charge >= 0.3 is 0 Å². The summed E-state index contributed by atoms with van der Waals surface area (Å²) in [4.78, 5) is 11.7. The zero-order chi connectivity index (χ0) is 15.0. The molecule has 0 amide bonds. The largest absolute Gasteiger partial charge is 0.396 e. The van der Waals surface area contributed by atoms with Gasteiger partial charge in [-0.05, 0) is 18.9 Å². The Morgan fingerprint density at radius 3 is 2.60 bits per heavy atom. The molecule has 0 fully saturated rings. The number of pyridine rings is 1. The third-order valence-corrected chi connectivity index (χ3v) is 4.02. The van der Waals surface area contributed by atoms with Gasteiger partial charge in [-0.2, -0.15) is 0 Å². The Bertz CT molecular complexity index is 444. The smallest absolute Gasteiger partial charge is 0.250 e. The third-order valence-electron chi connectivity index (χ3n) is 4.02. The molecule has 2 N–H and O–H groups in total. The van der Waals surface area contributed by atoms with Crippen molar-refractivity contribution < 1.29 is 9.84 Å². The SMILES string of the molecule is CCC(CC)(CO)CNc1ccc(=O)n(CCOC)c1. The number of methoxy groups -OCH3 is 1. The van der Waals surface area contributed by atoms with Gasteiger partial charge in [-0.15, -0.1) is 0 Å². The third kappa shape index (κ3) is 4.35. The second kappa shape index (κ2) is 8.07. The minimum atomic E-state index is -0.104. The number of rotatable bonds is 9. The number of hydrogen-bond acceptors (Lipinski definition) is 4. The van der Waals surface area contributed by atoms with Gasteiger partial charge in [0.2, 0.25) is 0 Å². The van der Waals surface area contributed by atoms with E-state index in [2.05, 4.69) is 19.2 Å². The number of ether oxygens (including phenoxy) is 1. The average Bonchev–Trinajstić information content (AvgIpc) is 2.49. The zero-order valence-corrected chi connectivity index (χ0v) is 12.7. The molecule has 1 rings (SSSR count). The number of hydrogen-bond donors (Lipinski definition) is 2. The summed E-state index contributed by atoms with van der Waals surface area (Å²) in [5.74, 6) is 0. The summed E-state index contributed by atoms with van der Waals surface area (Å²) >= 11 is 0. The fraction of sp³-hybridized carbons (Fsp3) is 0.667. The first-order valence-corrected chi connectivity index (χ1v) is 7.15. The Labute approximate surface area is 120 Å². The van der Waals surface area contributed by atoms with Crippen molar-refractivity contribution in [1.82, 2.24) is 4.57 Å². The topological polar surface area (TPSA) is 63.5 Å². The van der Waals surface area contributed by atoms with Crippen molar-refractivity contribution in [3.05, 3.63) is 28.7 Å². The van der Waals surface area contributed by atoms with E-state index in [0.29, 0.717) is 19.7 Å². The molecule has 0 aliphatic rings. The van der Waals surface area contributed by atoms with E-state index in [4.69, 9.17) is 4.74 Å². The molecule has 0 aliphatic heterocycles. The minimum absolute atomic E-state index is 0.0352. The molecule has 0 radical (unpaired) electrons. The standard InChI is InChI=1S/C15H26N2O3/c1-4-15(5-2,12-18)11-16-13-6-7-14(19)17(10-13)8-9-20-3/h6-7,10,16,18H,4-5,8-9,11-12H2,1-3H3. The molecule has 0 unspecified atom stereocenters. The maximum absolute atomic E-state index is 11.7. The van der Waals surface area contributed by atoms with Crippen LogP contribution in [-0.4, -0.2) is 36.5 Å². The lowest BCUT2D eigenvalue weighted by Gasteiger charge is -2.30. The second-order valence-corrected chi connectivity index (χ2v) is 5.16. The van der Waals surface area contributed by atoms with Crippen molar-refractivity contribution in [2.24, 2.45) is 5.41 Å². The molecule has 0 aliphatic carbocycles. The predicted molar refractivity (Wildman–Crippen MR) is 81.2 cm³/mol. The van der Waals surface area contributed by atoms with Gasteiger partial charge in [0, 0.05) is 37.9 Å². The highest BCUT2D eigenvalue weighted by atomic mass is 16.5. The van der Waals surface area contributed by atoms with Gasteiger partial charge in [-0.1, -0.05) is 13.8 Å². The molecule has 0 saturated heterocycles. The highest BCUT2D eigenvalue weighted by Gasteiger charge is 2.24. The average molecular weight is 282 g/mol. The summed E-state index contributed by atoms with van der Waals surface area (Å²) < 4.78 is 6.62. The van der Waals surface area contributed by atoms with E-state index < -0.39 is 0 Å². The first-order chi connectivity index (χ1) is 9.60. The molecule has 0 aromatic carbocycles. The zero-order valence-electron chi connectivity index (χ0n) is 12.7. The number of anilines is 1. The quantitative estimate of drug-likeness (QED) is 0.723. The van der Waals surface area contributed by atoms with Crippen LogP contribution in [0, 0.1) is 5.41 Å². The lowest BCUT2D eigenvalue weighted by molar-refractivity contribution is 0.127. The van der Waals surface area contributed by atoms with Crippen molar-refractivity contribution in [1.29, 1.82) is 0 Å². The van der Waals surface area contributed by atoms with Gasteiger partial charge in [0.25, 0.3) is 5.56 Å². The minimum Gasteiger partial charge on any atom is -0.396 e. The van der Waals surface area contributed by atoms with Gasteiger partial charge in [-0.25, -0.2) is 0 Å². The molecular weight excluding hydrogens is 256 g/mol. The molecule has 0 saturated carbocycles. The van der Waals surface area contributed by atoms with Crippen molar-refractivity contribution >= 4 is 5.69 Å². The van der Waals surface area contributed by atoms with E-state index in [1.807, 2.05) is 0 Å². The molecule has 0 bridgehead atoms. The molecule has 1 aromatic heterocycles. The van der Waals surface area contributed by atoms with Gasteiger partial charge < -0.3 is 19.7 Å². The van der Waals surface area contributed by atoms with E-state index >= 15 is 0 Å². The Morgan fingerprint density at radius 1 is 1.35 bits per heavy atom. The Hall–Kier alpha value is -1.33. The van der Waals surface area contributed by atoms with Gasteiger partial charge in [-0.3, -0.25) is 4.79 Å². The number of aliphatic hydroxyl groups is 1. The maximum atomic E-state index is 11.7. The normalized spacial score (nSPS) is 11.6. The van der Waals surface area contributed by atoms with Crippen LogP contribution in [-0.2, 0) is 11.3 Å². The van der Waals surface area contributed by atoms with E-state index in [1.54, 1.807) is 30.0 Å². The van der Waals surface area contributed by atoms with Crippen molar-refractivity contribution in [2.45, 2.75) is 33.2 Å². The molecule has 5 nitrogen and oxygen atoms in total. The number of aliphatic hydroxyl groups excluding tert-OH is 1. The summed E-state index contributed by atoms with van der Waals surface area (Å²) in [6, 6.07) is 3.33. The van der Waals surface area contributed by atoms with Crippen molar-refractivity contribution in [3.63, 3.8) is 0 Å². The van der Waals surface area contributed by atoms with Crippen molar-refractivity contribution in [3.8, 4) is 0 Å². The van der Waals surface area contributed by atoms with Crippen LogP contribution in [0.15, 0.2) is 23.1 Å². The van der Waals surface area contributed by atoms with Crippen LogP contribution in [0.4, 0.5) is 5.69 Å². The number of nitrogens with one attached hydrogen (secondary N) is 1.